The van der Waals surface area contributed by atoms with Crippen molar-refractivity contribution in [2.75, 3.05) is 13.2 Å². The van der Waals surface area contributed by atoms with Crippen molar-refractivity contribution in [1.29, 1.82) is 0 Å². The molecule has 1 heterocycles. The van der Waals surface area contributed by atoms with Gasteiger partial charge in [-0.25, -0.2) is 5.26 Å². The van der Waals surface area contributed by atoms with Crippen LogP contribution in [-0.2, 0) is 27.8 Å². The van der Waals surface area contributed by atoms with E-state index in [9.17, 15) is 25.2 Å². The minimum absolute atomic E-state index is 0.171. The van der Waals surface area contributed by atoms with E-state index in [2.05, 4.69) is 28.5 Å². The van der Waals surface area contributed by atoms with Crippen molar-refractivity contribution in [3.05, 3.63) is 12.2 Å². The van der Waals surface area contributed by atoms with Crippen LogP contribution in [0.25, 0.3) is 0 Å². The van der Waals surface area contributed by atoms with E-state index in [0.717, 1.165) is 38.5 Å². The third-order valence-electron chi connectivity index (χ3n) is 11.5. The van der Waals surface area contributed by atoms with Gasteiger partial charge in [0.1, 0.15) is 24.4 Å². The van der Waals surface area contributed by atoms with Gasteiger partial charge in [-0.2, -0.15) is 0 Å². The van der Waals surface area contributed by atoms with Gasteiger partial charge in [0, 0.05) is 6.42 Å². The molecule has 1 amide bonds. The fourth-order valence-electron chi connectivity index (χ4n) is 7.74. The molecule has 0 aromatic heterocycles. The van der Waals surface area contributed by atoms with Gasteiger partial charge in [0.25, 0.3) is 0 Å². The number of unbranched alkanes of at least 4 members (excludes halogenated alkanes) is 29. The van der Waals surface area contributed by atoms with Gasteiger partial charge in [0.15, 0.2) is 18.6 Å². The number of aliphatic hydroxyl groups excluding tert-OH is 4. The van der Waals surface area contributed by atoms with Crippen LogP contribution in [0.3, 0.4) is 0 Å². The molecule has 0 spiro atoms. The Bertz CT molecular complexity index is 951. The molecule has 5 unspecified atom stereocenters. The first-order valence-electron chi connectivity index (χ1n) is 24.1. The molecule has 0 radical (unpaired) electrons. The number of hydrogen-bond donors (Lipinski definition) is 6. The van der Waals surface area contributed by atoms with Gasteiger partial charge in [0.2, 0.25) is 5.91 Å². The van der Waals surface area contributed by atoms with Crippen LogP contribution < -0.4 is 5.32 Å². The fourth-order valence-corrected chi connectivity index (χ4v) is 8.12. The molecule has 0 aromatic rings. The Morgan fingerprint density at radius 2 is 1.12 bits per heavy atom. The number of rotatable bonds is 43. The Morgan fingerprint density at radius 3 is 1.56 bits per heavy atom. The van der Waals surface area contributed by atoms with Gasteiger partial charge in [0.05, 0.1) is 25.4 Å². The molecule has 0 saturated carbocycles. The second-order valence-corrected chi connectivity index (χ2v) is 17.3. The number of ether oxygens (including phenoxy) is 2. The maximum absolute atomic E-state index is 13.0. The summed E-state index contributed by atoms with van der Waals surface area (Å²) in [5, 5.41) is 56.9. The topological polar surface area (TPSA) is 176 Å². The van der Waals surface area contributed by atoms with Gasteiger partial charge in [-0.3, -0.25) is 8.98 Å². The van der Waals surface area contributed by atoms with E-state index < -0.39 is 49.5 Å². The zero-order chi connectivity index (χ0) is 43.0. The molecular formula is C46H89NO11S. The molecule has 12 nitrogen and oxygen atoms in total. The van der Waals surface area contributed by atoms with Crippen molar-refractivity contribution in [1.82, 2.24) is 5.32 Å². The summed E-state index contributed by atoms with van der Waals surface area (Å²) in [5.41, 5.74) is 0. The van der Waals surface area contributed by atoms with Crippen molar-refractivity contribution in [2.24, 2.45) is 0 Å². The summed E-state index contributed by atoms with van der Waals surface area (Å²) in [4.78, 5) is 13.0. The maximum Gasteiger partial charge on any atom is 0.220 e. The lowest BCUT2D eigenvalue weighted by molar-refractivity contribution is -0.435. The van der Waals surface area contributed by atoms with Crippen LogP contribution in [0.1, 0.15) is 219 Å². The first kappa shape index (κ1) is 56.2. The van der Waals surface area contributed by atoms with Crippen molar-refractivity contribution < 1.29 is 53.5 Å². The molecular weight excluding hydrogens is 775 g/mol. The van der Waals surface area contributed by atoms with Crippen LogP contribution in [0.2, 0.25) is 0 Å². The number of aliphatic hydroxyl groups is 4. The average Bonchev–Trinajstić information content (AvgIpc) is 3.23. The van der Waals surface area contributed by atoms with Crippen LogP contribution >= 0.6 is 12.3 Å². The van der Waals surface area contributed by atoms with Crippen molar-refractivity contribution in [3.63, 3.8) is 0 Å². The van der Waals surface area contributed by atoms with Gasteiger partial charge in [-0.15, -0.1) is 4.33 Å². The Labute approximate surface area is 363 Å². The molecule has 350 valence electrons. The maximum atomic E-state index is 13.0. The summed E-state index contributed by atoms with van der Waals surface area (Å²) in [6.45, 7) is 3.67. The van der Waals surface area contributed by atoms with E-state index in [-0.39, 0.29) is 24.8 Å². The summed E-state index contributed by atoms with van der Waals surface area (Å²) in [6, 6.07) is -0.840. The Hall–Kier alpha value is -0.840. The summed E-state index contributed by atoms with van der Waals surface area (Å²) < 4.78 is 20.8. The Morgan fingerprint density at radius 1 is 0.678 bits per heavy atom. The van der Waals surface area contributed by atoms with E-state index in [1.807, 2.05) is 6.08 Å². The van der Waals surface area contributed by atoms with Crippen molar-refractivity contribution in [2.45, 2.75) is 262 Å². The summed E-state index contributed by atoms with van der Waals surface area (Å²) in [6.07, 6.45) is 35.3. The normalized spacial score (nSPS) is 20.7. The zero-order valence-electron chi connectivity index (χ0n) is 37.3. The van der Waals surface area contributed by atoms with Gasteiger partial charge >= 0.3 is 0 Å². The summed E-state index contributed by atoms with van der Waals surface area (Å²) >= 11 is 0.171. The average molecular weight is 864 g/mol. The highest BCUT2D eigenvalue weighted by Crippen LogP contribution is 2.28. The highest BCUT2D eigenvalue weighted by molar-refractivity contribution is 7.89. The number of nitrogens with one attached hydrogen (secondary N) is 1. The predicted molar refractivity (Wildman–Crippen MR) is 237 cm³/mol. The van der Waals surface area contributed by atoms with E-state index in [0.29, 0.717) is 6.42 Å². The number of allylic oxidation sites excluding steroid dienone is 1. The standard InChI is InChI=1S/C46H89NO11S/c1-3-5-7-9-11-13-14-15-16-17-18-19-20-21-22-23-24-25-26-28-30-32-34-36-42(50)47-39(40(49)35-33-31-29-27-12-10-8-6-4-2)38-54-46-44(52)45(56-59-58-57-53)43(51)41(37-48)55-46/h33,35,39-41,43-46,48-49,51-53H,3-32,34,36-38H2,1-2H3,(H,47,50)/b35-33+/t39-,40+,41?,43?,44?,45?,46?/m0/s1. The highest BCUT2D eigenvalue weighted by atomic mass is 32.2. The molecule has 59 heavy (non-hydrogen) atoms. The predicted octanol–water partition coefficient (Wildman–Crippen LogP) is 10.7. The minimum atomic E-state index is -1.54. The quantitative estimate of drug-likeness (QED) is 0.0113. The van der Waals surface area contributed by atoms with Crippen LogP contribution in [0, 0.1) is 0 Å². The lowest BCUT2D eigenvalue weighted by Gasteiger charge is -2.41. The first-order valence-corrected chi connectivity index (χ1v) is 24.7. The first-order chi connectivity index (χ1) is 28.9. The molecule has 13 heteroatoms. The van der Waals surface area contributed by atoms with Gasteiger partial charge < -0.3 is 35.2 Å². The van der Waals surface area contributed by atoms with Gasteiger partial charge in [-0.05, 0) is 19.3 Å². The molecule has 1 fully saturated rings. The SMILES string of the molecule is CCCCCCCCC/C=C/[C@@H](O)[C@H](COC1OC(CO)C(O)C(OSOOO)C1O)NC(=O)CCCCCCCCCCCCCCCCCCCCCCCCC. The van der Waals surface area contributed by atoms with E-state index in [1.54, 1.807) is 6.08 Å². The lowest BCUT2D eigenvalue weighted by Crippen LogP contribution is -2.60. The molecule has 1 aliphatic rings. The van der Waals surface area contributed by atoms with Crippen LogP contribution in [-0.4, -0.2) is 87.7 Å². The number of carbonyl (C=O) groups excluding carboxylic acids is 1. The van der Waals surface area contributed by atoms with Gasteiger partial charge in [-0.1, -0.05) is 211 Å². The largest absolute Gasteiger partial charge is 0.394 e. The minimum Gasteiger partial charge on any atom is -0.394 e. The Balaban J connectivity index is 2.33. The van der Waals surface area contributed by atoms with E-state index >= 15 is 0 Å². The molecule has 0 aromatic carbocycles. The molecule has 7 atom stereocenters. The lowest BCUT2D eigenvalue weighted by atomic mass is 9.99. The van der Waals surface area contributed by atoms with Crippen molar-refractivity contribution in [3.8, 4) is 0 Å². The van der Waals surface area contributed by atoms with Crippen LogP contribution in [0.4, 0.5) is 0 Å². The smallest absolute Gasteiger partial charge is 0.220 e. The Kier molecular flexibility index (Phi) is 39.2. The van der Waals surface area contributed by atoms with E-state index in [1.165, 1.54) is 161 Å². The number of carbonyl (C=O) groups is 1. The number of hydrogen-bond acceptors (Lipinski definition) is 12. The molecule has 1 saturated heterocycles. The highest BCUT2D eigenvalue weighted by Gasteiger charge is 2.46. The van der Waals surface area contributed by atoms with Crippen LogP contribution in [0.15, 0.2) is 12.2 Å². The summed E-state index contributed by atoms with van der Waals surface area (Å²) in [7, 11) is 0. The molecule has 0 bridgehead atoms. The number of amides is 1. The second kappa shape index (κ2) is 41.2. The fraction of sp³-hybridized carbons (Fsp3) is 0.935. The van der Waals surface area contributed by atoms with Crippen molar-refractivity contribution >= 4 is 18.2 Å². The zero-order valence-corrected chi connectivity index (χ0v) is 38.1. The van der Waals surface area contributed by atoms with E-state index in [4.69, 9.17) is 18.9 Å². The second-order valence-electron chi connectivity index (χ2n) is 16.8. The van der Waals surface area contributed by atoms with Crippen LogP contribution in [0.5, 0.6) is 0 Å². The third-order valence-corrected chi connectivity index (χ3v) is 12.0. The molecule has 0 aliphatic carbocycles. The molecule has 1 rings (SSSR count). The molecule has 6 N–H and O–H groups in total. The monoisotopic (exact) mass is 864 g/mol. The molecule has 1 aliphatic heterocycles. The summed E-state index contributed by atoms with van der Waals surface area (Å²) in [5.74, 6) is -0.200. The third kappa shape index (κ3) is 30.8.